The van der Waals surface area contributed by atoms with Crippen LogP contribution in [-0.2, 0) is 14.3 Å². The van der Waals surface area contributed by atoms with E-state index in [1.807, 2.05) is 6.07 Å². The van der Waals surface area contributed by atoms with Gasteiger partial charge < -0.3 is 9.84 Å². The first kappa shape index (κ1) is 22.3. The van der Waals surface area contributed by atoms with Crippen molar-refractivity contribution in [2.24, 2.45) is 0 Å². The molecule has 1 fully saturated rings. The monoisotopic (exact) mass is 461 g/mol. The van der Waals surface area contributed by atoms with Crippen molar-refractivity contribution in [3.05, 3.63) is 106 Å². The van der Waals surface area contributed by atoms with Crippen LogP contribution in [0, 0.1) is 0 Å². The number of aliphatic hydroxyl groups excluding tert-OH is 1. The van der Waals surface area contributed by atoms with Crippen molar-refractivity contribution in [3.63, 3.8) is 0 Å². The summed E-state index contributed by atoms with van der Waals surface area (Å²) < 4.78 is 5.00. The number of hydrogen-bond acceptors (Lipinski definition) is 5. The van der Waals surface area contributed by atoms with Crippen LogP contribution in [0.1, 0.15) is 34.5 Å². The van der Waals surface area contributed by atoms with Gasteiger partial charge in [0, 0.05) is 16.3 Å². The molecule has 1 aliphatic heterocycles. The Bertz CT molecular complexity index is 1230. The molecule has 1 heterocycles. The van der Waals surface area contributed by atoms with Gasteiger partial charge in [-0.1, -0.05) is 41.9 Å². The third kappa shape index (κ3) is 4.25. The second-order valence-corrected chi connectivity index (χ2v) is 7.79. The van der Waals surface area contributed by atoms with Crippen LogP contribution in [0.4, 0.5) is 5.69 Å². The van der Waals surface area contributed by atoms with Gasteiger partial charge in [-0.25, -0.2) is 4.79 Å². The van der Waals surface area contributed by atoms with E-state index in [1.165, 1.54) is 17.0 Å². The van der Waals surface area contributed by atoms with Crippen molar-refractivity contribution in [2.45, 2.75) is 13.0 Å². The van der Waals surface area contributed by atoms with E-state index in [0.717, 1.165) is 0 Å². The lowest BCUT2D eigenvalue weighted by atomic mass is 9.95. The largest absolute Gasteiger partial charge is 0.507 e. The van der Waals surface area contributed by atoms with E-state index in [0.29, 0.717) is 27.4 Å². The van der Waals surface area contributed by atoms with Crippen LogP contribution >= 0.6 is 11.6 Å². The van der Waals surface area contributed by atoms with Crippen molar-refractivity contribution in [1.29, 1.82) is 0 Å². The lowest BCUT2D eigenvalue weighted by Crippen LogP contribution is -2.29. The molecule has 0 aromatic heterocycles. The number of benzene rings is 3. The normalized spacial score (nSPS) is 17.3. The number of halogens is 1. The van der Waals surface area contributed by atoms with Gasteiger partial charge in [0.25, 0.3) is 11.7 Å². The second kappa shape index (κ2) is 9.30. The smallest absolute Gasteiger partial charge is 0.338 e. The Morgan fingerprint density at radius 1 is 0.939 bits per heavy atom. The van der Waals surface area contributed by atoms with Gasteiger partial charge in [-0.3, -0.25) is 14.5 Å². The molecule has 4 rings (SSSR count). The zero-order chi connectivity index (χ0) is 23.5. The Labute approximate surface area is 195 Å². The summed E-state index contributed by atoms with van der Waals surface area (Å²) in [6, 6.07) is 20.7. The molecule has 0 spiro atoms. The fourth-order valence-electron chi connectivity index (χ4n) is 3.79. The fourth-order valence-corrected chi connectivity index (χ4v) is 3.91. The number of amides is 1. The summed E-state index contributed by atoms with van der Waals surface area (Å²) in [5.74, 6) is -2.34. The Kier molecular flexibility index (Phi) is 6.29. The number of rotatable bonds is 5. The summed E-state index contributed by atoms with van der Waals surface area (Å²) in [6.45, 7) is 1.96. The molecule has 1 aliphatic rings. The third-order valence-electron chi connectivity index (χ3n) is 5.33. The molecule has 1 atom stereocenters. The van der Waals surface area contributed by atoms with Crippen LogP contribution in [-0.4, -0.2) is 29.4 Å². The number of hydrogen-bond donors (Lipinski definition) is 1. The van der Waals surface area contributed by atoms with Gasteiger partial charge in [0.2, 0.25) is 0 Å². The molecule has 0 aliphatic carbocycles. The molecule has 1 saturated heterocycles. The zero-order valence-corrected chi connectivity index (χ0v) is 18.5. The van der Waals surface area contributed by atoms with E-state index >= 15 is 0 Å². The third-order valence-corrected chi connectivity index (χ3v) is 5.59. The molecule has 33 heavy (non-hydrogen) atoms. The summed E-state index contributed by atoms with van der Waals surface area (Å²) in [5, 5.41) is 11.5. The molecule has 0 bridgehead atoms. The minimum absolute atomic E-state index is 0.0250. The number of ether oxygens (including phenoxy) is 1. The number of nitrogens with zero attached hydrogens (tertiary/aromatic N) is 1. The van der Waals surface area contributed by atoms with E-state index < -0.39 is 23.7 Å². The van der Waals surface area contributed by atoms with Gasteiger partial charge in [-0.15, -0.1) is 0 Å². The van der Waals surface area contributed by atoms with Crippen LogP contribution in [0.2, 0.25) is 5.02 Å². The van der Waals surface area contributed by atoms with Crippen molar-refractivity contribution < 1.29 is 24.2 Å². The summed E-state index contributed by atoms with van der Waals surface area (Å²) in [4.78, 5) is 39.6. The molecule has 1 unspecified atom stereocenters. The topological polar surface area (TPSA) is 83.9 Å². The minimum Gasteiger partial charge on any atom is -0.507 e. The SMILES string of the molecule is CCOC(=O)c1ccc(N2C(=O)C(=O)/C(=C(/O)c3ccc(Cl)cc3)C2c2ccccc2)cc1. The highest BCUT2D eigenvalue weighted by Gasteiger charge is 2.46. The highest BCUT2D eigenvalue weighted by atomic mass is 35.5. The van der Waals surface area contributed by atoms with E-state index in [1.54, 1.807) is 67.6 Å². The fraction of sp³-hybridized carbons (Fsp3) is 0.115. The molecule has 3 aromatic carbocycles. The Balaban J connectivity index is 1.84. The highest BCUT2D eigenvalue weighted by molar-refractivity contribution is 6.51. The molecule has 0 radical (unpaired) electrons. The molecule has 0 saturated carbocycles. The maximum absolute atomic E-state index is 13.1. The van der Waals surface area contributed by atoms with E-state index in [-0.39, 0.29) is 17.9 Å². The summed E-state index contributed by atoms with van der Waals surface area (Å²) >= 11 is 5.95. The molecule has 3 aromatic rings. The van der Waals surface area contributed by atoms with Gasteiger partial charge in [0.1, 0.15) is 5.76 Å². The lowest BCUT2D eigenvalue weighted by molar-refractivity contribution is -0.132. The number of ketones is 1. The number of carbonyl (C=O) groups excluding carboxylic acids is 3. The van der Waals surface area contributed by atoms with Crippen LogP contribution in [0.15, 0.2) is 84.4 Å². The Morgan fingerprint density at radius 2 is 1.55 bits per heavy atom. The predicted molar refractivity (Wildman–Crippen MR) is 125 cm³/mol. The van der Waals surface area contributed by atoms with Crippen molar-refractivity contribution in [1.82, 2.24) is 0 Å². The van der Waals surface area contributed by atoms with Crippen LogP contribution in [0.5, 0.6) is 0 Å². The van der Waals surface area contributed by atoms with E-state index in [4.69, 9.17) is 16.3 Å². The molecular weight excluding hydrogens is 442 g/mol. The summed E-state index contributed by atoms with van der Waals surface area (Å²) in [6.07, 6.45) is 0. The van der Waals surface area contributed by atoms with Gasteiger partial charge in [-0.05, 0) is 61.0 Å². The summed E-state index contributed by atoms with van der Waals surface area (Å²) in [7, 11) is 0. The zero-order valence-electron chi connectivity index (χ0n) is 17.7. The quantitative estimate of drug-likeness (QED) is 0.246. The van der Waals surface area contributed by atoms with E-state index in [9.17, 15) is 19.5 Å². The van der Waals surface area contributed by atoms with Crippen LogP contribution in [0.3, 0.4) is 0 Å². The number of Topliss-reactive ketones (excluding diaryl/α,β-unsaturated/α-hetero) is 1. The highest BCUT2D eigenvalue weighted by Crippen LogP contribution is 2.42. The summed E-state index contributed by atoms with van der Waals surface area (Å²) in [5.41, 5.74) is 1.74. The lowest BCUT2D eigenvalue weighted by Gasteiger charge is -2.25. The van der Waals surface area contributed by atoms with Gasteiger partial charge in [0.15, 0.2) is 0 Å². The Morgan fingerprint density at radius 3 is 2.15 bits per heavy atom. The molecule has 1 amide bonds. The van der Waals surface area contributed by atoms with Crippen molar-refractivity contribution in [3.8, 4) is 0 Å². The van der Waals surface area contributed by atoms with Gasteiger partial charge in [-0.2, -0.15) is 0 Å². The van der Waals surface area contributed by atoms with E-state index in [2.05, 4.69) is 0 Å². The first-order chi connectivity index (χ1) is 15.9. The molecule has 6 nitrogen and oxygen atoms in total. The standard InChI is InChI=1S/C26H20ClNO5/c1-2-33-26(32)18-10-14-20(15-11-18)28-22(16-6-4-3-5-7-16)21(24(30)25(28)31)23(29)17-8-12-19(27)13-9-17/h3-15,22,29H,2H2,1H3/b23-21+. The Hall–Kier alpha value is -3.90. The first-order valence-corrected chi connectivity index (χ1v) is 10.7. The van der Waals surface area contributed by atoms with Gasteiger partial charge in [0.05, 0.1) is 23.8 Å². The predicted octanol–water partition coefficient (Wildman–Crippen LogP) is 5.14. The number of carbonyl (C=O) groups is 3. The average molecular weight is 462 g/mol. The number of aliphatic hydroxyl groups is 1. The maximum Gasteiger partial charge on any atom is 0.338 e. The molecular formula is C26H20ClNO5. The second-order valence-electron chi connectivity index (χ2n) is 7.35. The first-order valence-electron chi connectivity index (χ1n) is 10.3. The number of anilines is 1. The molecule has 166 valence electrons. The molecule has 7 heteroatoms. The van der Waals surface area contributed by atoms with Crippen molar-refractivity contribution in [2.75, 3.05) is 11.5 Å². The maximum atomic E-state index is 13.1. The minimum atomic E-state index is -0.852. The van der Waals surface area contributed by atoms with Crippen LogP contribution < -0.4 is 4.90 Å². The number of esters is 1. The average Bonchev–Trinajstić information content (AvgIpc) is 3.10. The van der Waals surface area contributed by atoms with Crippen molar-refractivity contribution >= 4 is 40.7 Å². The molecule has 1 N–H and O–H groups in total. The van der Waals surface area contributed by atoms with Gasteiger partial charge >= 0.3 is 5.97 Å². The van der Waals surface area contributed by atoms with Crippen LogP contribution in [0.25, 0.3) is 5.76 Å².